The Morgan fingerprint density at radius 3 is 2.44 bits per heavy atom. The fraction of sp³-hybridized carbons (Fsp3) is 0.0870. The summed E-state index contributed by atoms with van der Waals surface area (Å²) in [6.07, 6.45) is 1.74. The minimum absolute atomic E-state index is 0.120. The minimum atomic E-state index is -0.120. The first-order chi connectivity index (χ1) is 13.2. The van der Waals surface area contributed by atoms with E-state index in [1.165, 1.54) is 16.8 Å². The maximum Gasteiger partial charge on any atom is 0.254 e. The molecule has 27 heavy (non-hydrogen) atoms. The van der Waals surface area contributed by atoms with E-state index in [9.17, 15) is 4.79 Å². The number of nitrogens with zero attached hydrogens (tertiary/aromatic N) is 1. The van der Waals surface area contributed by atoms with Crippen LogP contribution in [0.15, 0.2) is 89.9 Å². The van der Waals surface area contributed by atoms with E-state index >= 15 is 0 Å². The van der Waals surface area contributed by atoms with E-state index in [1.807, 2.05) is 42.5 Å². The molecule has 1 heterocycles. The molecule has 1 aromatic heterocycles. The van der Waals surface area contributed by atoms with Gasteiger partial charge in [0.25, 0.3) is 5.56 Å². The van der Waals surface area contributed by atoms with Gasteiger partial charge in [0.05, 0.1) is 6.54 Å². The van der Waals surface area contributed by atoms with E-state index in [-0.39, 0.29) is 5.56 Å². The fourth-order valence-corrected chi connectivity index (χ4v) is 3.21. The van der Waals surface area contributed by atoms with Crippen LogP contribution in [-0.2, 0) is 13.2 Å². The summed E-state index contributed by atoms with van der Waals surface area (Å²) in [6, 6.07) is 25.3. The molecule has 0 bridgehead atoms. The van der Waals surface area contributed by atoms with Crippen LogP contribution in [0.3, 0.4) is 0 Å². The van der Waals surface area contributed by atoms with E-state index in [0.29, 0.717) is 23.9 Å². The molecule has 3 aromatic carbocycles. The fourth-order valence-electron chi connectivity index (χ4n) is 3.02. The first-order valence-electron chi connectivity index (χ1n) is 8.73. The van der Waals surface area contributed by atoms with Crippen molar-refractivity contribution in [1.29, 1.82) is 0 Å². The summed E-state index contributed by atoms with van der Waals surface area (Å²) in [5.41, 5.74) is 1.85. The molecule has 4 rings (SSSR count). The van der Waals surface area contributed by atoms with E-state index < -0.39 is 0 Å². The van der Waals surface area contributed by atoms with Gasteiger partial charge in [-0.1, -0.05) is 66.2 Å². The van der Waals surface area contributed by atoms with E-state index in [2.05, 4.69) is 24.3 Å². The van der Waals surface area contributed by atoms with Gasteiger partial charge in [-0.15, -0.1) is 0 Å². The SMILES string of the molecule is O=c1cc(OCc2ccc3ccccc3c2)ccn1Cc1ccccc1Cl. The predicted molar refractivity (Wildman–Crippen MR) is 110 cm³/mol. The summed E-state index contributed by atoms with van der Waals surface area (Å²) in [5, 5.41) is 3.03. The number of pyridine rings is 1. The van der Waals surface area contributed by atoms with Gasteiger partial charge in [-0.2, -0.15) is 0 Å². The van der Waals surface area contributed by atoms with E-state index in [1.54, 1.807) is 16.8 Å². The number of hydrogen-bond acceptors (Lipinski definition) is 2. The summed E-state index contributed by atoms with van der Waals surface area (Å²) in [5.74, 6) is 0.559. The number of benzene rings is 3. The Morgan fingerprint density at radius 2 is 1.63 bits per heavy atom. The lowest BCUT2D eigenvalue weighted by Crippen LogP contribution is -2.19. The van der Waals surface area contributed by atoms with Crippen LogP contribution in [0.4, 0.5) is 0 Å². The van der Waals surface area contributed by atoms with Crippen molar-refractivity contribution in [3.05, 3.63) is 112 Å². The van der Waals surface area contributed by atoms with Crippen LogP contribution in [0.2, 0.25) is 5.02 Å². The maximum absolute atomic E-state index is 12.4. The molecule has 4 aromatic rings. The average molecular weight is 376 g/mol. The van der Waals surface area contributed by atoms with Crippen LogP contribution < -0.4 is 10.3 Å². The van der Waals surface area contributed by atoms with Gasteiger partial charge in [-0.05, 0) is 40.1 Å². The van der Waals surface area contributed by atoms with E-state index in [0.717, 1.165) is 11.1 Å². The largest absolute Gasteiger partial charge is 0.489 e. The number of rotatable bonds is 5. The molecule has 0 atom stereocenters. The molecule has 0 fully saturated rings. The molecule has 3 nitrogen and oxygen atoms in total. The molecule has 0 spiro atoms. The Balaban J connectivity index is 1.47. The maximum atomic E-state index is 12.4. The predicted octanol–water partition coefficient (Wildman–Crippen LogP) is 5.28. The van der Waals surface area contributed by atoms with Crippen LogP contribution in [0, 0.1) is 0 Å². The molecule has 0 aliphatic carbocycles. The van der Waals surface area contributed by atoms with Crippen molar-refractivity contribution < 1.29 is 4.74 Å². The van der Waals surface area contributed by atoms with Crippen molar-refractivity contribution in [2.24, 2.45) is 0 Å². The summed E-state index contributed by atoms with van der Waals surface area (Å²) in [7, 11) is 0. The van der Waals surface area contributed by atoms with Crippen molar-refractivity contribution in [2.45, 2.75) is 13.2 Å². The van der Waals surface area contributed by atoms with Gasteiger partial charge >= 0.3 is 0 Å². The number of hydrogen-bond donors (Lipinski definition) is 0. The van der Waals surface area contributed by atoms with Crippen LogP contribution in [-0.4, -0.2) is 4.57 Å². The zero-order valence-corrected chi connectivity index (χ0v) is 15.4. The molecule has 0 saturated heterocycles. The highest BCUT2D eigenvalue weighted by molar-refractivity contribution is 6.31. The Labute approximate surface area is 162 Å². The smallest absolute Gasteiger partial charge is 0.254 e. The number of aromatic nitrogens is 1. The molecule has 4 heteroatoms. The minimum Gasteiger partial charge on any atom is -0.489 e. The molecule has 0 N–H and O–H groups in total. The third-order valence-electron chi connectivity index (χ3n) is 4.49. The molecule has 0 radical (unpaired) electrons. The second-order valence-corrected chi connectivity index (χ2v) is 6.80. The molecule has 0 aliphatic heterocycles. The molecule has 0 saturated carbocycles. The second kappa shape index (κ2) is 7.68. The third kappa shape index (κ3) is 4.04. The van der Waals surface area contributed by atoms with Gasteiger partial charge in [0.2, 0.25) is 0 Å². The molecule has 0 amide bonds. The molecule has 134 valence electrons. The zero-order chi connectivity index (χ0) is 18.6. The topological polar surface area (TPSA) is 31.2 Å². The Kier molecular flexibility index (Phi) is 4.95. The van der Waals surface area contributed by atoms with Crippen molar-refractivity contribution in [3.8, 4) is 5.75 Å². The standard InChI is InChI=1S/C23H18ClNO2/c24-22-8-4-3-7-20(22)15-25-12-11-21(14-23(25)26)27-16-17-9-10-18-5-1-2-6-19(18)13-17/h1-14H,15-16H2. The van der Waals surface area contributed by atoms with Crippen molar-refractivity contribution in [1.82, 2.24) is 4.57 Å². The number of fused-ring (bicyclic) bond motifs is 1. The quantitative estimate of drug-likeness (QED) is 0.475. The van der Waals surface area contributed by atoms with Crippen molar-refractivity contribution >= 4 is 22.4 Å². The first kappa shape index (κ1) is 17.4. The van der Waals surface area contributed by atoms with Crippen molar-refractivity contribution in [2.75, 3.05) is 0 Å². The van der Waals surface area contributed by atoms with Gasteiger partial charge in [0, 0.05) is 17.3 Å². The highest BCUT2D eigenvalue weighted by atomic mass is 35.5. The lowest BCUT2D eigenvalue weighted by Gasteiger charge is -2.10. The Hall–Kier alpha value is -3.04. The Morgan fingerprint density at radius 1 is 0.852 bits per heavy atom. The van der Waals surface area contributed by atoms with Crippen LogP contribution >= 0.6 is 11.6 Å². The normalized spacial score (nSPS) is 10.9. The summed E-state index contributed by atoms with van der Waals surface area (Å²) >= 11 is 6.18. The van der Waals surface area contributed by atoms with Crippen LogP contribution in [0.1, 0.15) is 11.1 Å². The lowest BCUT2D eigenvalue weighted by atomic mass is 10.1. The van der Waals surface area contributed by atoms with Crippen LogP contribution in [0.5, 0.6) is 5.75 Å². The van der Waals surface area contributed by atoms with Gasteiger partial charge in [0.1, 0.15) is 12.4 Å². The van der Waals surface area contributed by atoms with Crippen LogP contribution in [0.25, 0.3) is 10.8 Å². The average Bonchev–Trinajstić information content (AvgIpc) is 2.69. The summed E-state index contributed by atoms with van der Waals surface area (Å²) in [4.78, 5) is 12.4. The number of halogens is 1. The van der Waals surface area contributed by atoms with E-state index in [4.69, 9.17) is 16.3 Å². The molecular formula is C23H18ClNO2. The zero-order valence-electron chi connectivity index (χ0n) is 14.6. The second-order valence-electron chi connectivity index (χ2n) is 6.39. The first-order valence-corrected chi connectivity index (χ1v) is 9.11. The van der Waals surface area contributed by atoms with Gasteiger partial charge < -0.3 is 9.30 Å². The Bertz CT molecular complexity index is 1150. The molecular weight excluding hydrogens is 358 g/mol. The monoisotopic (exact) mass is 375 g/mol. The van der Waals surface area contributed by atoms with Gasteiger partial charge in [-0.25, -0.2) is 0 Å². The third-order valence-corrected chi connectivity index (χ3v) is 4.85. The molecule has 0 unspecified atom stereocenters. The van der Waals surface area contributed by atoms with Gasteiger partial charge in [-0.3, -0.25) is 4.79 Å². The number of ether oxygens (including phenoxy) is 1. The highest BCUT2D eigenvalue weighted by Crippen LogP contribution is 2.18. The summed E-state index contributed by atoms with van der Waals surface area (Å²) in [6.45, 7) is 0.849. The lowest BCUT2D eigenvalue weighted by molar-refractivity contribution is 0.305. The highest BCUT2D eigenvalue weighted by Gasteiger charge is 2.04. The summed E-state index contributed by atoms with van der Waals surface area (Å²) < 4.78 is 7.43. The molecule has 0 aliphatic rings. The van der Waals surface area contributed by atoms with Crippen molar-refractivity contribution in [3.63, 3.8) is 0 Å². The van der Waals surface area contributed by atoms with Gasteiger partial charge in [0.15, 0.2) is 0 Å².